The third-order valence-corrected chi connectivity index (χ3v) is 5.93. The van der Waals surface area contributed by atoms with E-state index in [4.69, 9.17) is 4.74 Å². The lowest BCUT2D eigenvalue weighted by atomic mass is 9.95. The number of carbonyl (C=O) groups excluding carboxylic acids is 2. The average molecular weight is 373 g/mol. The van der Waals surface area contributed by atoms with Gasteiger partial charge in [-0.05, 0) is 70.1 Å². The largest absolute Gasteiger partial charge is 0.452 e. The lowest BCUT2D eigenvalue weighted by Crippen LogP contribution is -2.36. The molecule has 2 aliphatic rings. The molecule has 1 aromatic rings. The number of hydrogen-bond donors (Lipinski definition) is 1. The molecule has 1 atom stereocenters. The van der Waals surface area contributed by atoms with E-state index in [9.17, 15) is 9.59 Å². The summed E-state index contributed by atoms with van der Waals surface area (Å²) in [4.78, 5) is 23.8. The summed E-state index contributed by atoms with van der Waals surface area (Å²) in [6, 6.07) is 2.86. The SMILES string of the molecule is Cc1cc(/C=C/C(=O)OCC(=O)N[C@@H](C)C2CC2)c(C)n1C1CCCCC1. The lowest BCUT2D eigenvalue weighted by Gasteiger charge is -2.26. The van der Waals surface area contributed by atoms with Crippen molar-refractivity contribution in [1.82, 2.24) is 9.88 Å². The third-order valence-electron chi connectivity index (χ3n) is 5.93. The second kappa shape index (κ2) is 8.77. The highest BCUT2D eigenvalue weighted by Gasteiger charge is 2.28. The fourth-order valence-electron chi connectivity index (χ4n) is 4.22. The normalized spacial score (nSPS) is 19.2. The van der Waals surface area contributed by atoms with Gasteiger partial charge in [-0.1, -0.05) is 19.3 Å². The highest BCUT2D eigenvalue weighted by Crippen LogP contribution is 2.33. The zero-order valence-electron chi connectivity index (χ0n) is 16.8. The fourth-order valence-corrected chi connectivity index (χ4v) is 4.22. The van der Waals surface area contributed by atoms with Crippen LogP contribution in [-0.2, 0) is 14.3 Å². The van der Waals surface area contributed by atoms with Crippen molar-refractivity contribution < 1.29 is 14.3 Å². The van der Waals surface area contributed by atoms with E-state index < -0.39 is 5.97 Å². The Morgan fingerprint density at radius 2 is 1.93 bits per heavy atom. The zero-order chi connectivity index (χ0) is 19.4. The van der Waals surface area contributed by atoms with Crippen molar-refractivity contribution in [3.8, 4) is 0 Å². The van der Waals surface area contributed by atoms with Gasteiger partial charge in [-0.15, -0.1) is 0 Å². The van der Waals surface area contributed by atoms with Crippen LogP contribution in [0.3, 0.4) is 0 Å². The number of aromatic nitrogens is 1. The summed E-state index contributed by atoms with van der Waals surface area (Å²) in [5.74, 6) is -0.123. The van der Waals surface area contributed by atoms with Crippen LogP contribution in [0.25, 0.3) is 6.08 Å². The van der Waals surface area contributed by atoms with Gasteiger partial charge in [-0.25, -0.2) is 4.79 Å². The Labute approximate surface area is 162 Å². The molecule has 1 amide bonds. The number of esters is 1. The van der Waals surface area contributed by atoms with Crippen molar-refractivity contribution in [2.45, 2.75) is 77.8 Å². The van der Waals surface area contributed by atoms with E-state index in [1.807, 2.05) is 6.92 Å². The summed E-state index contributed by atoms with van der Waals surface area (Å²) in [6.45, 7) is 6.02. The third kappa shape index (κ3) is 5.24. The predicted molar refractivity (Wildman–Crippen MR) is 106 cm³/mol. The first-order valence-electron chi connectivity index (χ1n) is 10.3. The lowest BCUT2D eigenvalue weighted by molar-refractivity contribution is -0.144. The van der Waals surface area contributed by atoms with Crippen molar-refractivity contribution >= 4 is 18.0 Å². The molecule has 5 heteroatoms. The molecule has 0 aliphatic heterocycles. The molecule has 1 heterocycles. The molecule has 148 valence electrons. The van der Waals surface area contributed by atoms with Gasteiger partial charge in [-0.2, -0.15) is 0 Å². The van der Waals surface area contributed by atoms with Crippen molar-refractivity contribution in [3.05, 3.63) is 29.1 Å². The van der Waals surface area contributed by atoms with E-state index in [1.165, 1.54) is 62.4 Å². The molecular weight excluding hydrogens is 340 g/mol. The number of rotatable bonds is 7. The fraction of sp³-hybridized carbons (Fsp3) is 0.636. The Kier molecular flexibility index (Phi) is 6.40. The van der Waals surface area contributed by atoms with Gasteiger partial charge in [0.15, 0.2) is 6.61 Å². The van der Waals surface area contributed by atoms with Gasteiger partial charge < -0.3 is 14.6 Å². The van der Waals surface area contributed by atoms with Crippen LogP contribution in [0.5, 0.6) is 0 Å². The van der Waals surface area contributed by atoms with Crippen LogP contribution in [0.1, 0.15) is 74.9 Å². The smallest absolute Gasteiger partial charge is 0.331 e. The number of carbonyl (C=O) groups is 2. The van der Waals surface area contributed by atoms with Crippen molar-refractivity contribution in [2.75, 3.05) is 6.61 Å². The number of amides is 1. The van der Waals surface area contributed by atoms with Gasteiger partial charge in [0.2, 0.25) is 0 Å². The molecule has 3 rings (SSSR count). The van der Waals surface area contributed by atoms with Gasteiger partial charge in [0.05, 0.1) is 0 Å². The minimum Gasteiger partial charge on any atom is -0.452 e. The van der Waals surface area contributed by atoms with E-state index in [2.05, 4.69) is 29.8 Å². The van der Waals surface area contributed by atoms with Crippen LogP contribution < -0.4 is 5.32 Å². The molecule has 1 N–H and O–H groups in total. The Bertz CT molecular complexity index is 709. The maximum absolute atomic E-state index is 12.0. The number of ether oxygens (including phenoxy) is 1. The van der Waals surface area contributed by atoms with Gasteiger partial charge in [0.1, 0.15) is 0 Å². The highest BCUT2D eigenvalue weighted by atomic mass is 16.5. The minimum atomic E-state index is -0.480. The average Bonchev–Trinajstić information content (AvgIpc) is 3.45. The Balaban J connectivity index is 1.52. The topological polar surface area (TPSA) is 60.3 Å². The summed E-state index contributed by atoms with van der Waals surface area (Å²) in [6.07, 6.45) is 11.9. The molecule has 0 spiro atoms. The molecule has 0 saturated heterocycles. The van der Waals surface area contributed by atoms with Crippen LogP contribution >= 0.6 is 0 Å². The molecular formula is C22H32N2O3. The van der Waals surface area contributed by atoms with Gasteiger partial charge >= 0.3 is 5.97 Å². The van der Waals surface area contributed by atoms with Crippen molar-refractivity contribution in [3.63, 3.8) is 0 Å². The molecule has 5 nitrogen and oxygen atoms in total. The zero-order valence-corrected chi connectivity index (χ0v) is 16.8. The monoisotopic (exact) mass is 372 g/mol. The molecule has 2 saturated carbocycles. The molecule has 2 aliphatic carbocycles. The Morgan fingerprint density at radius 1 is 1.22 bits per heavy atom. The maximum atomic E-state index is 12.0. The second-order valence-electron chi connectivity index (χ2n) is 8.12. The van der Waals surface area contributed by atoms with Gasteiger partial charge in [0.25, 0.3) is 5.91 Å². The predicted octanol–water partition coefficient (Wildman–Crippen LogP) is 4.08. The Hall–Kier alpha value is -2.04. The summed E-state index contributed by atoms with van der Waals surface area (Å²) >= 11 is 0. The molecule has 1 aromatic heterocycles. The van der Waals surface area contributed by atoms with E-state index in [-0.39, 0.29) is 18.6 Å². The molecule has 0 bridgehead atoms. The van der Waals surface area contributed by atoms with Gasteiger partial charge in [0, 0.05) is 29.5 Å². The summed E-state index contributed by atoms with van der Waals surface area (Å²) in [5, 5.41) is 2.88. The van der Waals surface area contributed by atoms with Crippen LogP contribution in [-0.4, -0.2) is 29.1 Å². The number of nitrogens with zero attached hydrogens (tertiary/aromatic N) is 1. The number of nitrogens with one attached hydrogen (secondary N) is 1. The first kappa shape index (κ1) is 19.7. The first-order chi connectivity index (χ1) is 13.0. The van der Waals surface area contributed by atoms with Crippen LogP contribution in [0.2, 0.25) is 0 Å². The van der Waals surface area contributed by atoms with Crippen LogP contribution in [0.4, 0.5) is 0 Å². The van der Waals surface area contributed by atoms with E-state index >= 15 is 0 Å². The summed E-state index contributed by atoms with van der Waals surface area (Å²) in [5.41, 5.74) is 3.47. The maximum Gasteiger partial charge on any atom is 0.331 e. The highest BCUT2D eigenvalue weighted by molar-refractivity contribution is 5.89. The van der Waals surface area contributed by atoms with Crippen LogP contribution in [0.15, 0.2) is 12.1 Å². The quantitative estimate of drug-likeness (QED) is 0.579. The number of hydrogen-bond acceptors (Lipinski definition) is 3. The van der Waals surface area contributed by atoms with Crippen molar-refractivity contribution in [2.24, 2.45) is 5.92 Å². The minimum absolute atomic E-state index is 0.164. The molecule has 27 heavy (non-hydrogen) atoms. The summed E-state index contributed by atoms with van der Waals surface area (Å²) in [7, 11) is 0. The summed E-state index contributed by atoms with van der Waals surface area (Å²) < 4.78 is 7.49. The van der Waals surface area contributed by atoms with E-state index in [0.717, 1.165) is 5.56 Å². The molecule has 2 fully saturated rings. The molecule has 0 unspecified atom stereocenters. The van der Waals surface area contributed by atoms with E-state index in [0.29, 0.717) is 12.0 Å². The molecule has 0 aromatic carbocycles. The van der Waals surface area contributed by atoms with E-state index in [1.54, 1.807) is 6.08 Å². The second-order valence-corrected chi connectivity index (χ2v) is 8.12. The van der Waals surface area contributed by atoms with Crippen LogP contribution in [0, 0.1) is 19.8 Å². The standard InChI is InChI=1S/C22H32N2O3/c1-15-13-19(17(3)24(15)20-7-5-4-6-8-20)11-12-22(26)27-14-21(25)23-16(2)18-9-10-18/h11-13,16,18,20H,4-10,14H2,1-3H3,(H,23,25)/b12-11+/t16-/m0/s1. The Morgan fingerprint density at radius 3 is 2.59 bits per heavy atom. The number of aryl methyl sites for hydroxylation is 1. The van der Waals surface area contributed by atoms with Crippen molar-refractivity contribution in [1.29, 1.82) is 0 Å². The molecule has 0 radical (unpaired) electrons. The van der Waals surface area contributed by atoms with Gasteiger partial charge in [-0.3, -0.25) is 4.79 Å². The first-order valence-corrected chi connectivity index (χ1v) is 10.3.